The highest BCUT2D eigenvalue weighted by atomic mass is 35.5. The van der Waals surface area contributed by atoms with Crippen molar-refractivity contribution < 1.29 is 4.79 Å². The van der Waals surface area contributed by atoms with E-state index >= 15 is 0 Å². The average Bonchev–Trinajstić information content (AvgIpc) is 2.74. The molecule has 19 heavy (non-hydrogen) atoms. The predicted molar refractivity (Wildman–Crippen MR) is 77.8 cm³/mol. The zero-order valence-corrected chi connectivity index (χ0v) is 12.4. The predicted octanol–water partition coefficient (Wildman–Crippen LogP) is 2.95. The van der Waals surface area contributed by atoms with E-state index < -0.39 is 0 Å². The second-order valence-corrected chi connectivity index (χ2v) is 5.77. The summed E-state index contributed by atoms with van der Waals surface area (Å²) in [6, 6.07) is 5.34. The third-order valence-electron chi connectivity index (χ3n) is 2.57. The Morgan fingerprint density at radius 3 is 2.63 bits per heavy atom. The molecule has 0 aliphatic carbocycles. The number of hydrazine groups is 1. The minimum Gasteiger partial charge on any atom is -0.289 e. The number of nitrogen functional groups attached to an aromatic ring is 1. The van der Waals surface area contributed by atoms with E-state index in [9.17, 15) is 4.79 Å². The van der Waals surface area contributed by atoms with Crippen molar-refractivity contribution in [1.29, 1.82) is 0 Å². The Balaban J connectivity index is 2.32. The Kier molecular flexibility index (Phi) is 4.42. The Bertz CT molecular complexity index is 607. The number of aromatic nitrogens is 1. The third kappa shape index (κ3) is 3.06. The molecule has 0 aliphatic heterocycles. The van der Waals surface area contributed by atoms with Gasteiger partial charge in [-0.2, -0.15) is 0 Å². The molecule has 1 amide bonds. The number of hydrogen-bond donors (Lipinski definition) is 2. The van der Waals surface area contributed by atoms with E-state index in [2.05, 4.69) is 10.4 Å². The van der Waals surface area contributed by atoms with Crippen LogP contribution in [0.25, 0.3) is 0 Å². The zero-order valence-electron chi connectivity index (χ0n) is 10.0. The van der Waals surface area contributed by atoms with Gasteiger partial charge in [0.2, 0.25) is 0 Å². The molecule has 0 spiro atoms. The Morgan fingerprint density at radius 1 is 1.42 bits per heavy atom. The van der Waals surface area contributed by atoms with E-state index in [4.69, 9.17) is 29.0 Å². The van der Waals surface area contributed by atoms with Gasteiger partial charge in [0.1, 0.15) is 4.88 Å². The first kappa shape index (κ1) is 14.3. The number of rotatable bonds is 3. The molecule has 0 saturated carbocycles. The molecule has 0 fully saturated rings. The van der Waals surface area contributed by atoms with Crippen molar-refractivity contribution in [1.82, 2.24) is 10.4 Å². The molecule has 2 aromatic rings. The first-order chi connectivity index (χ1) is 9.02. The number of nitrogens with zero attached hydrogens (tertiary/aromatic N) is 1. The lowest BCUT2D eigenvalue weighted by atomic mass is 10.1. The van der Waals surface area contributed by atoms with Crippen molar-refractivity contribution in [3.63, 3.8) is 0 Å². The van der Waals surface area contributed by atoms with Crippen LogP contribution in [0.5, 0.6) is 0 Å². The highest BCUT2D eigenvalue weighted by Crippen LogP contribution is 2.29. The van der Waals surface area contributed by atoms with Crippen molar-refractivity contribution >= 4 is 40.4 Å². The van der Waals surface area contributed by atoms with Gasteiger partial charge in [0.05, 0.1) is 10.7 Å². The number of carbonyl (C=O) groups is 1. The first-order valence-corrected chi connectivity index (χ1v) is 7.00. The molecule has 7 heteroatoms. The standard InChI is InChI=1S/C12H11Cl2N3OS/c1-6-11(12(18)17-15)19-10(16-6)5-7-8(13)3-2-4-9(7)14/h2-4H,5,15H2,1H3,(H,17,18). The maximum atomic E-state index is 11.5. The number of hydrogen-bond acceptors (Lipinski definition) is 4. The molecular weight excluding hydrogens is 305 g/mol. The smallest absolute Gasteiger partial charge is 0.277 e. The lowest BCUT2D eigenvalue weighted by Crippen LogP contribution is -2.29. The molecule has 4 nitrogen and oxygen atoms in total. The summed E-state index contributed by atoms with van der Waals surface area (Å²) < 4.78 is 0. The van der Waals surface area contributed by atoms with Crippen molar-refractivity contribution in [2.24, 2.45) is 5.84 Å². The van der Waals surface area contributed by atoms with Gasteiger partial charge < -0.3 is 0 Å². The molecule has 0 atom stereocenters. The SMILES string of the molecule is Cc1nc(Cc2c(Cl)cccc2Cl)sc1C(=O)NN. The quantitative estimate of drug-likeness (QED) is 0.520. The number of carbonyl (C=O) groups excluding carboxylic acids is 1. The summed E-state index contributed by atoms with van der Waals surface area (Å²) in [7, 11) is 0. The summed E-state index contributed by atoms with van der Waals surface area (Å²) >= 11 is 13.5. The molecule has 0 radical (unpaired) electrons. The van der Waals surface area contributed by atoms with Crippen LogP contribution >= 0.6 is 34.5 Å². The molecule has 1 heterocycles. The Labute approximate surface area is 124 Å². The van der Waals surface area contributed by atoms with E-state index in [0.29, 0.717) is 27.0 Å². The van der Waals surface area contributed by atoms with Crippen LogP contribution in [-0.2, 0) is 6.42 Å². The van der Waals surface area contributed by atoms with Crippen LogP contribution in [0.4, 0.5) is 0 Å². The molecule has 0 aliphatic rings. The van der Waals surface area contributed by atoms with E-state index in [1.165, 1.54) is 11.3 Å². The molecule has 100 valence electrons. The lowest BCUT2D eigenvalue weighted by Gasteiger charge is -2.04. The fourth-order valence-electron chi connectivity index (χ4n) is 1.66. The first-order valence-electron chi connectivity index (χ1n) is 5.43. The Hall–Kier alpha value is -1.14. The molecule has 1 aromatic heterocycles. The largest absolute Gasteiger partial charge is 0.289 e. The van der Waals surface area contributed by atoms with Gasteiger partial charge in [-0.05, 0) is 24.6 Å². The molecule has 1 aromatic carbocycles. The van der Waals surface area contributed by atoms with E-state index in [0.717, 1.165) is 10.6 Å². The minimum absolute atomic E-state index is 0.341. The van der Waals surface area contributed by atoms with Crippen molar-refractivity contribution in [3.8, 4) is 0 Å². The number of thiazole rings is 1. The van der Waals surface area contributed by atoms with Gasteiger partial charge in [-0.15, -0.1) is 11.3 Å². The summed E-state index contributed by atoms with van der Waals surface area (Å²) in [4.78, 5) is 16.4. The number of aryl methyl sites for hydroxylation is 1. The van der Waals surface area contributed by atoms with Crippen LogP contribution in [0.3, 0.4) is 0 Å². The molecule has 0 bridgehead atoms. The third-order valence-corrected chi connectivity index (χ3v) is 4.43. The second kappa shape index (κ2) is 5.88. The van der Waals surface area contributed by atoms with Gasteiger partial charge >= 0.3 is 0 Å². The minimum atomic E-state index is -0.341. The number of benzene rings is 1. The fraction of sp³-hybridized carbons (Fsp3) is 0.167. The maximum Gasteiger partial charge on any atom is 0.277 e. The van der Waals surface area contributed by atoms with Gasteiger partial charge in [0.15, 0.2) is 0 Å². The highest BCUT2D eigenvalue weighted by molar-refractivity contribution is 7.13. The lowest BCUT2D eigenvalue weighted by molar-refractivity contribution is 0.0957. The number of nitrogens with two attached hydrogens (primary N) is 1. The molecule has 0 saturated heterocycles. The number of nitrogens with one attached hydrogen (secondary N) is 1. The van der Waals surface area contributed by atoms with E-state index in [1.54, 1.807) is 25.1 Å². The van der Waals surface area contributed by atoms with Gasteiger partial charge in [-0.3, -0.25) is 10.2 Å². The maximum absolute atomic E-state index is 11.5. The van der Waals surface area contributed by atoms with Gasteiger partial charge in [-0.1, -0.05) is 29.3 Å². The monoisotopic (exact) mass is 315 g/mol. The summed E-state index contributed by atoms with van der Waals surface area (Å²) in [6.45, 7) is 1.76. The number of amides is 1. The topological polar surface area (TPSA) is 68.0 Å². The number of halogens is 2. The second-order valence-electron chi connectivity index (χ2n) is 3.87. The summed E-state index contributed by atoms with van der Waals surface area (Å²) in [5, 5.41) is 1.95. The van der Waals surface area contributed by atoms with Crippen LogP contribution in [0, 0.1) is 6.92 Å². The van der Waals surface area contributed by atoms with Crippen LogP contribution in [-0.4, -0.2) is 10.9 Å². The van der Waals surface area contributed by atoms with Gasteiger partial charge in [0.25, 0.3) is 5.91 Å². The Morgan fingerprint density at radius 2 is 2.05 bits per heavy atom. The van der Waals surface area contributed by atoms with Crippen LogP contribution in [0.15, 0.2) is 18.2 Å². The van der Waals surface area contributed by atoms with E-state index in [1.807, 2.05) is 0 Å². The summed E-state index contributed by atoms with van der Waals surface area (Å²) in [5.41, 5.74) is 3.55. The van der Waals surface area contributed by atoms with Gasteiger partial charge in [0, 0.05) is 16.5 Å². The molecule has 2 rings (SSSR count). The van der Waals surface area contributed by atoms with E-state index in [-0.39, 0.29) is 5.91 Å². The fourth-order valence-corrected chi connectivity index (χ4v) is 3.17. The van der Waals surface area contributed by atoms with Crippen LogP contribution in [0.2, 0.25) is 10.0 Å². The molecular formula is C12H11Cl2N3OS. The average molecular weight is 316 g/mol. The van der Waals surface area contributed by atoms with Crippen LogP contribution in [0.1, 0.15) is 25.9 Å². The zero-order chi connectivity index (χ0) is 14.0. The summed E-state index contributed by atoms with van der Waals surface area (Å²) in [6.07, 6.45) is 0.488. The molecule has 3 N–H and O–H groups in total. The van der Waals surface area contributed by atoms with Crippen molar-refractivity contribution in [2.75, 3.05) is 0 Å². The van der Waals surface area contributed by atoms with Crippen molar-refractivity contribution in [3.05, 3.63) is 49.4 Å². The normalized spacial score (nSPS) is 10.5. The van der Waals surface area contributed by atoms with Crippen LogP contribution < -0.4 is 11.3 Å². The summed E-state index contributed by atoms with van der Waals surface area (Å²) in [5.74, 6) is 4.78. The van der Waals surface area contributed by atoms with Crippen molar-refractivity contribution in [2.45, 2.75) is 13.3 Å². The molecule has 0 unspecified atom stereocenters. The highest BCUT2D eigenvalue weighted by Gasteiger charge is 2.16. The van der Waals surface area contributed by atoms with Gasteiger partial charge in [-0.25, -0.2) is 10.8 Å².